The minimum Gasteiger partial charge on any atom is -0.394 e. The highest BCUT2D eigenvalue weighted by molar-refractivity contribution is 4.88. The molecular formula is C13H28N2O2. The second kappa shape index (κ2) is 6.14. The van der Waals surface area contributed by atoms with Crippen LogP contribution >= 0.6 is 0 Å². The largest absolute Gasteiger partial charge is 0.394 e. The summed E-state index contributed by atoms with van der Waals surface area (Å²) in [6.45, 7) is 13.3. The van der Waals surface area contributed by atoms with Crippen molar-refractivity contribution in [2.45, 2.75) is 45.2 Å². The van der Waals surface area contributed by atoms with Gasteiger partial charge in [0.1, 0.15) is 0 Å². The van der Waals surface area contributed by atoms with E-state index in [1.54, 1.807) is 0 Å². The molecule has 1 atom stereocenters. The zero-order valence-electron chi connectivity index (χ0n) is 11.8. The molecule has 1 aliphatic rings. The van der Waals surface area contributed by atoms with Crippen molar-refractivity contribution in [3.05, 3.63) is 0 Å². The van der Waals surface area contributed by atoms with Gasteiger partial charge in [-0.2, -0.15) is 0 Å². The number of nitrogens with zero attached hydrogens (tertiary/aromatic N) is 1. The highest BCUT2D eigenvalue weighted by Gasteiger charge is 2.32. The van der Waals surface area contributed by atoms with E-state index in [9.17, 15) is 5.11 Å². The third kappa shape index (κ3) is 4.21. The van der Waals surface area contributed by atoms with Gasteiger partial charge >= 0.3 is 0 Å². The van der Waals surface area contributed by atoms with E-state index in [0.717, 1.165) is 39.3 Å². The lowest BCUT2D eigenvalue weighted by Gasteiger charge is -2.43. The summed E-state index contributed by atoms with van der Waals surface area (Å²) >= 11 is 0. The lowest BCUT2D eigenvalue weighted by molar-refractivity contribution is -0.0547. The summed E-state index contributed by atoms with van der Waals surface area (Å²) < 4.78 is 5.51. The second-order valence-corrected chi connectivity index (χ2v) is 5.85. The number of likely N-dealkylation sites (N-methyl/N-ethyl adjacent to an activating group) is 1. The Labute approximate surface area is 105 Å². The van der Waals surface area contributed by atoms with Crippen LogP contribution in [0, 0.1) is 0 Å². The van der Waals surface area contributed by atoms with E-state index < -0.39 is 0 Å². The molecule has 1 rings (SSSR count). The zero-order chi connectivity index (χ0) is 12.9. The topological polar surface area (TPSA) is 44.7 Å². The molecule has 1 saturated heterocycles. The van der Waals surface area contributed by atoms with E-state index in [0.29, 0.717) is 0 Å². The number of hydrogen-bond donors (Lipinski definition) is 2. The monoisotopic (exact) mass is 244 g/mol. The van der Waals surface area contributed by atoms with E-state index in [2.05, 4.69) is 37.9 Å². The summed E-state index contributed by atoms with van der Waals surface area (Å²) in [5.41, 5.74) is -0.0516. The minimum absolute atomic E-state index is 0.112. The van der Waals surface area contributed by atoms with Crippen molar-refractivity contribution < 1.29 is 9.84 Å². The zero-order valence-corrected chi connectivity index (χ0v) is 11.8. The fourth-order valence-corrected chi connectivity index (χ4v) is 2.34. The molecule has 4 nitrogen and oxygen atoms in total. The molecule has 102 valence electrons. The molecule has 0 aromatic heterocycles. The van der Waals surface area contributed by atoms with Gasteiger partial charge in [-0.25, -0.2) is 0 Å². The number of aliphatic hydroxyl groups is 1. The molecule has 4 heteroatoms. The smallest absolute Gasteiger partial charge is 0.0645 e. The summed E-state index contributed by atoms with van der Waals surface area (Å²) in [5.74, 6) is 0. The molecular weight excluding hydrogens is 216 g/mol. The van der Waals surface area contributed by atoms with Crippen molar-refractivity contribution in [1.82, 2.24) is 10.2 Å². The van der Waals surface area contributed by atoms with Crippen LogP contribution in [-0.4, -0.2) is 60.5 Å². The molecule has 1 fully saturated rings. The maximum atomic E-state index is 9.47. The van der Waals surface area contributed by atoms with Crippen LogP contribution < -0.4 is 5.32 Å². The Morgan fingerprint density at radius 1 is 1.47 bits per heavy atom. The Morgan fingerprint density at radius 3 is 2.71 bits per heavy atom. The molecule has 1 aliphatic heterocycles. The lowest BCUT2D eigenvalue weighted by Crippen LogP contribution is -2.55. The lowest BCUT2D eigenvalue weighted by atomic mass is 9.95. The first-order valence-electron chi connectivity index (χ1n) is 6.62. The van der Waals surface area contributed by atoms with Gasteiger partial charge in [0.15, 0.2) is 0 Å². The fraction of sp³-hybridized carbons (Fsp3) is 1.00. The first kappa shape index (κ1) is 14.9. The van der Waals surface area contributed by atoms with Crippen molar-refractivity contribution in [2.75, 3.05) is 39.5 Å². The normalized spacial score (nSPS) is 24.5. The molecule has 0 aliphatic carbocycles. The summed E-state index contributed by atoms with van der Waals surface area (Å²) in [4.78, 5) is 2.46. The van der Waals surface area contributed by atoms with Crippen molar-refractivity contribution in [3.8, 4) is 0 Å². The van der Waals surface area contributed by atoms with Crippen molar-refractivity contribution in [3.63, 3.8) is 0 Å². The van der Waals surface area contributed by atoms with Crippen molar-refractivity contribution in [2.24, 2.45) is 0 Å². The predicted octanol–water partition coefficient (Wildman–Crippen LogP) is 0.848. The summed E-state index contributed by atoms with van der Waals surface area (Å²) in [7, 11) is 0. The van der Waals surface area contributed by atoms with E-state index >= 15 is 0 Å². The molecule has 0 aromatic carbocycles. The van der Waals surface area contributed by atoms with Crippen LogP contribution in [0.25, 0.3) is 0 Å². The Bertz CT molecular complexity index is 233. The molecule has 0 aromatic rings. The number of nitrogens with one attached hydrogen (secondary N) is 1. The van der Waals surface area contributed by atoms with Crippen LogP contribution in [0.4, 0.5) is 0 Å². The maximum Gasteiger partial charge on any atom is 0.0645 e. The van der Waals surface area contributed by atoms with Crippen LogP contribution in [0.15, 0.2) is 0 Å². The predicted molar refractivity (Wildman–Crippen MR) is 70.3 cm³/mol. The van der Waals surface area contributed by atoms with Gasteiger partial charge in [0, 0.05) is 24.2 Å². The number of hydrogen-bond acceptors (Lipinski definition) is 4. The average Bonchev–Trinajstić information content (AvgIpc) is 2.27. The van der Waals surface area contributed by atoms with Gasteiger partial charge in [-0.15, -0.1) is 0 Å². The molecule has 0 spiro atoms. The van der Waals surface area contributed by atoms with Crippen LogP contribution in [-0.2, 0) is 4.74 Å². The fourth-order valence-electron chi connectivity index (χ4n) is 2.34. The van der Waals surface area contributed by atoms with Crippen LogP contribution in [0.5, 0.6) is 0 Å². The summed E-state index contributed by atoms with van der Waals surface area (Å²) in [6.07, 6.45) is 0.959. The molecule has 1 unspecified atom stereocenters. The molecule has 0 bridgehead atoms. The number of ether oxygens (including phenoxy) is 1. The van der Waals surface area contributed by atoms with Crippen molar-refractivity contribution in [1.29, 1.82) is 0 Å². The number of morpholine rings is 1. The molecule has 0 amide bonds. The summed E-state index contributed by atoms with van der Waals surface area (Å²) in [6, 6.07) is 0. The molecule has 2 N–H and O–H groups in total. The first-order chi connectivity index (χ1) is 7.93. The second-order valence-electron chi connectivity index (χ2n) is 5.85. The number of aliphatic hydroxyl groups excluding tert-OH is 1. The highest BCUT2D eigenvalue weighted by Crippen LogP contribution is 2.21. The van der Waals surface area contributed by atoms with Gasteiger partial charge in [0.25, 0.3) is 0 Å². The highest BCUT2D eigenvalue weighted by atomic mass is 16.5. The van der Waals surface area contributed by atoms with Crippen LogP contribution in [0.3, 0.4) is 0 Å². The van der Waals surface area contributed by atoms with Gasteiger partial charge < -0.3 is 15.2 Å². The van der Waals surface area contributed by atoms with Crippen LogP contribution in [0.1, 0.15) is 34.1 Å². The molecule has 17 heavy (non-hydrogen) atoms. The standard InChI is InChI=1S/C13H28N2O2/c1-5-14-13(4,10-16)6-7-15-8-9-17-11-12(15,2)3/h14,16H,5-11H2,1-4H3. The van der Waals surface area contributed by atoms with Gasteiger partial charge in [-0.1, -0.05) is 6.92 Å². The third-order valence-electron chi connectivity index (χ3n) is 3.70. The molecule has 1 heterocycles. The maximum absolute atomic E-state index is 9.47. The summed E-state index contributed by atoms with van der Waals surface area (Å²) in [5, 5.41) is 12.8. The van der Waals surface area contributed by atoms with E-state index in [4.69, 9.17) is 4.74 Å². The average molecular weight is 244 g/mol. The number of rotatable bonds is 6. The van der Waals surface area contributed by atoms with Crippen LogP contribution in [0.2, 0.25) is 0 Å². The van der Waals surface area contributed by atoms with Crippen molar-refractivity contribution >= 4 is 0 Å². The first-order valence-corrected chi connectivity index (χ1v) is 6.62. The third-order valence-corrected chi connectivity index (χ3v) is 3.70. The van der Waals surface area contributed by atoms with E-state index in [1.165, 1.54) is 0 Å². The molecule has 0 saturated carbocycles. The van der Waals surface area contributed by atoms with E-state index in [-0.39, 0.29) is 17.7 Å². The Hall–Kier alpha value is -0.160. The van der Waals surface area contributed by atoms with Gasteiger partial charge in [0.05, 0.1) is 19.8 Å². The Kier molecular flexibility index (Phi) is 5.38. The minimum atomic E-state index is -0.164. The SMILES string of the molecule is CCNC(C)(CO)CCN1CCOCC1(C)C. The quantitative estimate of drug-likeness (QED) is 0.727. The Balaban J connectivity index is 2.47. The Morgan fingerprint density at radius 2 is 2.18 bits per heavy atom. The van der Waals surface area contributed by atoms with Gasteiger partial charge in [-0.3, -0.25) is 4.90 Å². The van der Waals surface area contributed by atoms with E-state index in [1.807, 2.05) is 0 Å². The van der Waals surface area contributed by atoms with Gasteiger partial charge in [-0.05, 0) is 33.7 Å². The molecule has 0 radical (unpaired) electrons. The van der Waals surface area contributed by atoms with Gasteiger partial charge in [0.2, 0.25) is 0 Å².